The zero-order valence-electron chi connectivity index (χ0n) is 20.1. The molecule has 1 amide bonds. The van der Waals surface area contributed by atoms with Gasteiger partial charge in [-0.3, -0.25) is 4.79 Å². The molecule has 180 valence electrons. The molecule has 0 saturated heterocycles. The summed E-state index contributed by atoms with van der Waals surface area (Å²) in [5.41, 5.74) is 4.57. The number of amides is 1. The number of ether oxygens (including phenoxy) is 1. The van der Waals surface area contributed by atoms with Crippen LogP contribution >= 0.6 is 0 Å². The molecule has 0 radical (unpaired) electrons. The van der Waals surface area contributed by atoms with Gasteiger partial charge in [-0.1, -0.05) is 18.2 Å². The van der Waals surface area contributed by atoms with E-state index in [2.05, 4.69) is 25.6 Å². The van der Waals surface area contributed by atoms with E-state index in [1.54, 1.807) is 31.8 Å². The number of imidazole rings is 1. The molecule has 5 rings (SSSR count). The van der Waals surface area contributed by atoms with E-state index in [0.717, 1.165) is 17.0 Å². The standard InChI is InChI=1S/C26H24N8O2/c1-16-5-4-6-21(29-16)24-32-25(31-19-11-12-27-22(13-19)30-17(2)35)23-26(33-24)34(15-28-23)14-18-7-9-20(36-3)10-8-18/h4-13,15H,14H2,1-3H3,(H2,27,30,31,32,33,35). The van der Waals surface area contributed by atoms with Crippen molar-refractivity contribution in [1.82, 2.24) is 29.5 Å². The molecule has 5 aromatic rings. The Bertz CT molecular complexity index is 1550. The third kappa shape index (κ3) is 4.97. The van der Waals surface area contributed by atoms with Gasteiger partial charge in [0.05, 0.1) is 20.0 Å². The minimum absolute atomic E-state index is 0.200. The second-order valence-corrected chi connectivity index (χ2v) is 8.19. The highest BCUT2D eigenvalue weighted by molar-refractivity contribution is 5.89. The average molecular weight is 481 g/mol. The van der Waals surface area contributed by atoms with Gasteiger partial charge in [0.15, 0.2) is 22.8 Å². The smallest absolute Gasteiger partial charge is 0.222 e. The van der Waals surface area contributed by atoms with Crippen LogP contribution in [-0.4, -0.2) is 42.5 Å². The summed E-state index contributed by atoms with van der Waals surface area (Å²) in [5, 5.41) is 6.00. The number of pyridine rings is 2. The van der Waals surface area contributed by atoms with Gasteiger partial charge in [0.2, 0.25) is 5.91 Å². The zero-order chi connectivity index (χ0) is 25.1. The Morgan fingerprint density at radius 2 is 1.86 bits per heavy atom. The summed E-state index contributed by atoms with van der Waals surface area (Å²) in [6.45, 7) is 3.93. The third-order valence-electron chi connectivity index (χ3n) is 5.42. The van der Waals surface area contributed by atoms with Crippen LogP contribution in [-0.2, 0) is 11.3 Å². The van der Waals surface area contributed by atoms with E-state index >= 15 is 0 Å². The fraction of sp³-hybridized carbons (Fsp3) is 0.154. The molecule has 0 saturated carbocycles. The van der Waals surface area contributed by atoms with Crippen LogP contribution in [0.15, 0.2) is 67.1 Å². The van der Waals surface area contributed by atoms with E-state index in [0.29, 0.717) is 46.6 Å². The normalized spacial score (nSPS) is 10.9. The van der Waals surface area contributed by atoms with Gasteiger partial charge in [0.1, 0.15) is 17.3 Å². The number of hydrogen-bond donors (Lipinski definition) is 2. The third-order valence-corrected chi connectivity index (χ3v) is 5.42. The van der Waals surface area contributed by atoms with Crippen molar-refractivity contribution in [3.63, 3.8) is 0 Å². The van der Waals surface area contributed by atoms with Crippen LogP contribution in [0, 0.1) is 6.92 Å². The summed E-state index contributed by atoms with van der Waals surface area (Å²) in [6, 6.07) is 17.1. The van der Waals surface area contributed by atoms with Gasteiger partial charge in [-0.05, 0) is 42.8 Å². The highest BCUT2D eigenvalue weighted by Crippen LogP contribution is 2.27. The summed E-state index contributed by atoms with van der Waals surface area (Å²) >= 11 is 0. The van der Waals surface area contributed by atoms with Crippen molar-refractivity contribution in [2.75, 3.05) is 17.7 Å². The molecule has 0 aliphatic rings. The van der Waals surface area contributed by atoms with Crippen molar-refractivity contribution >= 4 is 34.4 Å². The lowest BCUT2D eigenvalue weighted by molar-refractivity contribution is -0.114. The number of benzene rings is 1. The van der Waals surface area contributed by atoms with Gasteiger partial charge in [0.25, 0.3) is 0 Å². The van der Waals surface area contributed by atoms with Crippen molar-refractivity contribution in [2.24, 2.45) is 0 Å². The van der Waals surface area contributed by atoms with Gasteiger partial charge in [-0.25, -0.2) is 24.9 Å². The SMILES string of the molecule is COc1ccc(Cn2cnc3c(Nc4ccnc(NC(C)=O)c4)nc(-c4cccc(C)n4)nc32)cc1. The van der Waals surface area contributed by atoms with Crippen molar-refractivity contribution in [2.45, 2.75) is 20.4 Å². The molecule has 10 nitrogen and oxygen atoms in total. The fourth-order valence-electron chi connectivity index (χ4n) is 3.75. The Hall–Kier alpha value is -4.86. The first-order valence-electron chi connectivity index (χ1n) is 11.3. The molecule has 4 aromatic heterocycles. The van der Waals surface area contributed by atoms with Crippen LogP contribution in [0.1, 0.15) is 18.2 Å². The number of aromatic nitrogens is 6. The van der Waals surface area contributed by atoms with Gasteiger partial charge < -0.3 is 19.9 Å². The summed E-state index contributed by atoms with van der Waals surface area (Å²) in [5.74, 6) is 2.03. The molecule has 0 aliphatic carbocycles. The molecule has 0 unspecified atom stereocenters. The summed E-state index contributed by atoms with van der Waals surface area (Å²) in [4.78, 5) is 34.4. The van der Waals surface area contributed by atoms with Crippen molar-refractivity contribution < 1.29 is 9.53 Å². The van der Waals surface area contributed by atoms with Gasteiger partial charge >= 0.3 is 0 Å². The number of hydrogen-bond acceptors (Lipinski definition) is 8. The fourth-order valence-corrected chi connectivity index (χ4v) is 3.75. The maximum atomic E-state index is 11.5. The number of nitrogens with zero attached hydrogens (tertiary/aromatic N) is 6. The lowest BCUT2D eigenvalue weighted by Crippen LogP contribution is -2.08. The molecule has 0 spiro atoms. The largest absolute Gasteiger partial charge is 0.497 e. The number of nitrogens with one attached hydrogen (secondary N) is 2. The average Bonchev–Trinajstić information content (AvgIpc) is 3.27. The van der Waals surface area contributed by atoms with Gasteiger partial charge in [0, 0.05) is 30.6 Å². The molecule has 36 heavy (non-hydrogen) atoms. The van der Waals surface area contributed by atoms with Gasteiger partial charge in [-0.2, -0.15) is 0 Å². The Balaban J connectivity index is 1.58. The summed E-state index contributed by atoms with van der Waals surface area (Å²) in [7, 11) is 1.65. The molecule has 4 heterocycles. The number of aryl methyl sites for hydroxylation is 1. The van der Waals surface area contributed by atoms with Gasteiger partial charge in [-0.15, -0.1) is 0 Å². The van der Waals surface area contributed by atoms with Crippen LogP contribution in [0.4, 0.5) is 17.3 Å². The maximum absolute atomic E-state index is 11.5. The van der Waals surface area contributed by atoms with Crippen LogP contribution in [0.5, 0.6) is 5.75 Å². The molecule has 0 atom stereocenters. The van der Waals surface area contributed by atoms with E-state index in [1.807, 2.05) is 54.0 Å². The number of anilines is 3. The molecule has 0 fully saturated rings. The highest BCUT2D eigenvalue weighted by atomic mass is 16.5. The zero-order valence-corrected chi connectivity index (χ0v) is 20.1. The molecule has 10 heteroatoms. The minimum Gasteiger partial charge on any atom is -0.497 e. The number of methoxy groups -OCH3 is 1. The van der Waals surface area contributed by atoms with Crippen LogP contribution in [0.3, 0.4) is 0 Å². The highest BCUT2D eigenvalue weighted by Gasteiger charge is 2.16. The molecular formula is C26H24N8O2. The van der Waals surface area contributed by atoms with Crippen LogP contribution < -0.4 is 15.4 Å². The Morgan fingerprint density at radius 1 is 1.03 bits per heavy atom. The maximum Gasteiger partial charge on any atom is 0.222 e. The van der Waals surface area contributed by atoms with E-state index < -0.39 is 0 Å². The molecule has 0 aliphatic heterocycles. The quantitative estimate of drug-likeness (QED) is 0.353. The Labute approximate surface area is 207 Å². The molecule has 2 N–H and O–H groups in total. The van der Waals surface area contributed by atoms with E-state index in [9.17, 15) is 4.79 Å². The first kappa shape index (κ1) is 22.9. The minimum atomic E-state index is -0.200. The lowest BCUT2D eigenvalue weighted by Gasteiger charge is -2.11. The molecule has 1 aromatic carbocycles. The topological polar surface area (TPSA) is 120 Å². The van der Waals surface area contributed by atoms with E-state index in [4.69, 9.17) is 14.7 Å². The number of rotatable bonds is 7. The molecule has 0 bridgehead atoms. The first-order valence-corrected chi connectivity index (χ1v) is 11.3. The second kappa shape index (κ2) is 9.79. The van der Waals surface area contributed by atoms with Crippen LogP contribution in [0.25, 0.3) is 22.7 Å². The van der Waals surface area contributed by atoms with Crippen molar-refractivity contribution in [3.05, 3.63) is 78.4 Å². The molecular weight excluding hydrogens is 456 g/mol. The van der Waals surface area contributed by atoms with Crippen molar-refractivity contribution in [1.29, 1.82) is 0 Å². The second-order valence-electron chi connectivity index (χ2n) is 8.19. The number of fused-ring (bicyclic) bond motifs is 1. The van der Waals surface area contributed by atoms with E-state index in [1.165, 1.54) is 6.92 Å². The Morgan fingerprint density at radius 3 is 2.61 bits per heavy atom. The van der Waals surface area contributed by atoms with E-state index in [-0.39, 0.29) is 5.91 Å². The lowest BCUT2D eigenvalue weighted by atomic mass is 10.2. The summed E-state index contributed by atoms with van der Waals surface area (Å²) in [6.07, 6.45) is 3.36. The number of carbonyl (C=O) groups excluding carboxylic acids is 1. The monoisotopic (exact) mass is 480 g/mol. The number of carbonyl (C=O) groups is 1. The van der Waals surface area contributed by atoms with Crippen molar-refractivity contribution in [3.8, 4) is 17.3 Å². The first-order chi connectivity index (χ1) is 17.5. The van der Waals surface area contributed by atoms with Crippen LogP contribution in [0.2, 0.25) is 0 Å². The summed E-state index contributed by atoms with van der Waals surface area (Å²) < 4.78 is 7.24. The predicted molar refractivity (Wildman–Crippen MR) is 137 cm³/mol. The Kier molecular flexibility index (Phi) is 6.23. The predicted octanol–water partition coefficient (Wildman–Crippen LogP) is 4.35.